The fraction of sp³-hybridized carbons (Fsp3) is 0.389. The molecule has 1 saturated heterocycles. The van der Waals surface area contributed by atoms with E-state index in [4.69, 9.17) is 4.74 Å². The van der Waals surface area contributed by atoms with Crippen LogP contribution in [0, 0.1) is 0 Å². The van der Waals surface area contributed by atoms with Crippen LogP contribution in [0.4, 0.5) is 11.5 Å². The van der Waals surface area contributed by atoms with Crippen LogP contribution in [0.2, 0.25) is 0 Å². The highest BCUT2D eigenvalue weighted by atomic mass is 32.1. The van der Waals surface area contributed by atoms with E-state index >= 15 is 0 Å². The number of carbonyl (C=O) groups is 2. The number of morpholine rings is 1. The third-order valence-electron chi connectivity index (χ3n) is 4.02. The summed E-state index contributed by atoms with van der Waals surface area (Å²) >= 11 is 1.52. The predicted molar refractivity (Wildman–Crippen MR) is 101 cm³/mol. The fourth-order valence-corrected chi connectivity index (χ4v) is 3.57. The molecule has 1 aliphatic rings. The quantitative estimate of drug-likeness (QED) is 0.810. The van der Waals surface area contributed by atoms with Gasteiger partial charge in [-0.25, -0.2) is 4.98 Å². The second-order valence-corrected chi connectivity index (χ2v) is 7.00. The molecule has 0 saturated carbocycles. The van der Waals surface area contributed by atoms with Crippen LogP contribution < -0.4 is 15.5 Å². The highest BCUT2D eigenvalue weighted by Crippen LogP contribution is 2.23. The summed E-state index contributed by atoms with van der Waals surface area (Å²) in [5.74, 6) is 0.548. The van der Waals surface area contributed by atoms with E-state index in [1.165, 1.54) is 18.3 Å². The lowest BCUT2D eigenvalue weighted by Gasteiger charge is -2.27. The van der Waals surface area contributed by atoms with E-state index in [0.717, 1.165) is 23.8 Å². The van der Waals surface area contributed by atoms with Gasteiger partial charge in [0.05, 0.1) is 37.6 Å². The first-order valence-electron chi connectivity index (χ1n) is 8.51. The Morgan fingerprint density at radius 3 is 2.73 bits per heavy atom. The molecule has 1 unspecified atom stereocenters. The van der Waals surface area contributed by atoms with E-state index in [-0.39, 0.29) is 24.3 Å². The third-order valence-corrected chi connectivity index (χ3v) is 5.01. The molecule has 0 bridgehead atoms. The van der Waals surface area contributed by atoms with Gasteiger partial charge in [0.2, 0.25) is 11.8 Å². The van der Waals surface area contributed by atoms with Gasteiger partial charge in [-0.2, -0.15) is 0 Å². The van der Waals surface area contributed by atoms with E-state index in [9.17, 15) is 9.59 Å². The van der Waals surface area contributed by atoms with Gasteiger partial charge in [0.1, 0.15) is 5.82 Å². The average Bonchev–Trinajstić information content (AvgIpc) is 3.17. The Balaban J connectivity index is 1.58. The molecule has 1 atom stereocenters. The molecule has 3 heterocycles. The summed E-state index contributed by atoms with van der Waals surface area (Å²) in [6, 6.07) is 7.23. The number of nitrogens with one attached hydrogen (secondary N) is 2. The molecule has 2 aromatic rings. The highest BCUT2D eigenvalue weighted by molar-refractivity contribution is 7.10. The summed E-state index contributed by atoms with van der Waals surface area (Å²) < 4.78 is 5.34. The van der Waals surface area contributed by atoms with Gasteiger partial charge in [0, 0.05) is 24.9 Å². The van der Waals surface area contributed by atoms with E-state index < -0.39 is 0 Å². The van der Waals surface area contributed by atoms with E-state index in [1.807, 2.05) is 29.6 Å². The number of ether oxygens (including phenoxy) is 1. The van der Waals surface area contributed by atoms with Crippen molar-refractivity contribution in [2.75, 3.05) is 36.5 Å². The van der Waals surface area contributed by atoms with Gasteiger partial charge in [-0.05, 0) is 23.6 Å². The number of nitrogens with zero attached hydrogens (tertiary/aromatic N) is 2. The normalized spacial score (nSPS) is 15.3. The fourth-order valence-electron chi connectivity index (χ4n) is 2.79. The van der Waals surface area contributed by atoms with Crippen LogP contribution in [0.25, 0.3) is 0 Å². The molecular weight excluding hydrogens is 352 g/mol. The van der Waals surface area contributed by atoms with Crippen molar-refractivity contribution in [2.45, 2.75) is 19.4 Å². The lowest BCUT2D eigenvalue weighted by atomic mass is 10.1. The summed E-state index contributed by atoms with van der Waals surface area (Å²) in [4.78, 5) is 31.3. The lowest BCUT2D eigenvalue weighted by molar-refractivity contribution is -0.120. The highest BCUT2D eigenvalue weighted by Gasteiger charge is 2.18. The average molecular weight is 374 g/mol. The van der Waals surface area contributed by atoms with Crippen molar-refractivity contribution in [3.63, 3.8) is 0 Å². The molecule has 0 radical (unpaired) electrons. The number of pyridine rings is 1. The molecule has 0 spiro atoms. The summed E-state index contributed by atoms with van der Waals surface area (Å²) in [5, 5.41) is 7.60. The Morgan fingerprint density at radius 1 is 1.31 bits per heavy atom. The van der Waals surface area contributed by atoms with Gasteiger partial charge < -0.3 is 20.3 Å². The summed E-state index contributed by atoms with van der Waals surface area (Å²) in [5.41, 5.74) is 0.639. The van der Waals surface area contributed by atoms with E-state index in [2.05, 4.69) is 20.5 Å². The van der Waals surface area contributed by atoms with Crippen molar-refractivity contribution in [3.05, 3.63) is 40.7 Å². The Bertz CT molecular complexity index is 727. The number of hydrogen-bond acceptors (Lipinski definition) is 6. The SMILES string of the molecule is CC(=O)NC(CC(=O)Nc1ccc(N2CCOCC2)nc1)c1cccs1. The standard InChI is InChI=1S/C18H22N4O3S/c1-13(23)20-15(16-3-2-10-26-16)11-18(24)21-14-4-5-17(19-12-14)22-6-8-25-9-7-22/h2-5,10,12,15H,6-9,11H2,1H3,(H,20,23)(H,21,24). The molecule has 1 fully saturated rings. The largest absolute Gasteiger partial charge is 0.378 e. The summed E-state index contributed by atoms with van der Waals surface area (Å²) in [6.45, 7) is 4.49. The number of carbonyl (C=O) groups excluding carboxylic acids is 2. The second-order valence-electron chi connectivity index (χ2n) is 6.03. The maximum atomic E-state index is 12.4. The molecule has 2 N–H and O–H groups in total. The monoisotopic (exact) mass is 374 g/mol. The molecule has 2 aromatic heterocycles. The van der Waals surface area contributed by atoms with Crippen LogP contribution >= 0.6 is 11.3 Å². The maximum absolute atomic E-state index is 12.4. The maximum Gasteiger partial charge on any atom is 0.226 e. The van der Waals surface area contributed by atoms with Crippen molar-refractivity contribution >= 4 is 34.7 Å². The zero-order valence-electron chi connectivity index (χ0n) is 14.6. The van der Waals surface area contributed by atoms with E-state index in [1.54, 1.807) is 6.20 Å². The molecule has 1 aliphatic heterocycles. The van der Waals surface area contributed by atoms with Crippen molar-refractivity contribution in [1.29, 1.82) is 0 Å². The number of aromatic nitrogens is 1. The minimum absolute atomic E-state index is 0.160. The minimum atomic E-state index is -0.326. The predicted octanol–water partition coefficient (Wildman–Crippen LogP) is 2.19. The number of amides is 2. The molecule has 138 valence electrons. The zero-order chi connectivity index (χ0) is 18.4. The summed E-state index contributed by atoms with van der Waals surface area (Å²) in [7, 11) is 0. The van der Waals surface area contributed by atoms with Crippen LogP contribution in [0.15, 0.2) is 35.8 Å². The van der Waals surface area contributed by atoms with Crippen LogP contribution in [0.1, 0.15) is 24.3 Å². The Hall–Kier alpha value is -2.45. The Labute approximate surface area is 156 Å². The van der Waals surface area contributed by atoms with Crippen LogP contribution in [-0.4, -0.2) is 43.1 Å². The first-order valence-corrected chi connectivity index (χ1v) is 9.39. The lowest BCUT2D eigenvalue weighted by Crippen LogP contribution is -2.36. The molecule has 26 heavy (non-hydrogen) atoms. The van der Waals surface area contributed by atoms with Gasteiger partial charge in [0.15, 0.2) is 0 Å². The van der Waals surface area contributed by atoms with Crippen molar-refractivity contribution < 1.29 is 14.3 Å². The van der Waals surface area contributed by atoms with Crippen LogP contribution in [0.5, 0.6) is 0 Å². The van der Waals surface area contributed by atoms with Crippen molar-refractivity contribution in [3.8, 4) is 0 Å². The van der Waals surface area contributed by atoms with Gasteiger partial charge in [0.25, 0.3) is 0 Å². The van der Waals surface area contributed by atoms with Gasteiger partial charge in [-0.3, -0.25) is 9.59 Å². The molecule has 2 amide bonds. The zero-order valence-corrected chi connectivity index (χ0v) is 15.4. The first-order chi connectivity index (χ1) is 12.6. The second kappa shape index (κ2) is 8.77. The first kappa shape index (κ1) is 18.3. The topological polar surface area (TPSA) is 83.6 Å². The van der Waals surface area contributed by atoms with E-state index in [0.29, 0.717) is 18.9 Å². The van der Waals surface area contributed by atoms with Gasteiger partial charge in [-0.15, -0.1) is 11.3 Å². The van der Waals surface area contributed by atoms with Crippen LogP contribution in [-0.2, 0) is 14.3 Å². The van der Waals surface area contributed by atoms with Crippen LogP contribution in [0.3, 0.4) is 0 Å². The Morgan fingerprint density at radius 2 is 2.12 bits per heavy atom. The number of rotatable bonds is 6. The third kappa shape index (κ3) is 5.03. The van der Waals surface area contributed by atoms with Gasteiger partial charge in [-0.1, -0.05) is 6.07 Å². The summed E-state index contributed by atoms with van der Waals surface area (Å²) in [6.07, 6.45) is 1.83. The molecule has 0 aromatic carbocycles. The van der Waals surface area contributed by atoms with Crippen molar-refractivity contribution in [1.82, 2.24) is 10.3 Å². The van der Waals surface area contributed by atoms with Gasteiger partial charge >= 0.3 is 0 Å². The molecule has 8 heteroatoms. The molecule has 7 nitrogen and oxygen atoms in total. The number of anilines is 2. The molecule has 0 aliphatic carbocycles. The Kier molecular flexibility index (Phi) is 6.19. The molecular formula is C18H22N4O3S. The molecule has 3 rings (SSSR count). The van der Waals surface area contributed by atoms with Crippen molar-refractivity contribution in [2.24, 2.45) is 0 Å². The number of thiophene rings is 1. The number of hydrogen-bond donors (Lipinski definition) is 2. The smallest absolute Gasteiger partial charge is 0.226 e. The minimum Gasteiger partial charge on any atom is -0.378 e.